The highest BCUT2D eigenvalue weighted by atomic mass is 16.2. The second kappa shape index (κ2) is 9.81. The molecule has 148 valence electrons. The molecule has 0 saturated heterocycles. The van der Waals surface area contributed by atoms with Crippen molar-refractivity contribution >= 4 is 16.8 Å². The van der Waals surface area contributed by atoms with Gasteiger partial charge in [0, 0.05) is 18.5 Å². The van der Waals surface area contributed by atoms with Gasteiger partial charge in [0.25, 0.3) is 5.91 Å². The molecule has 2 rings (SSSR count). The standard InChI is InChI=1S/C22H34N4O/c1-17-9-10-19-16-20(18(2)23-21(19)15-17)22(27)26(13-7-11-24(3)4)14-8-12-25(5)6/h9-10,15-16H,7-8,11-14H2,1-6H3. The molecule has 0 atom stereocenters. The van der Waals surface area contributed by atoms with Gasteiger partial charge in [0.1, 0.15) is 0 Å². The largest absolute Gasteiger partial charge is 0.338 e. The Morgan fingerprint density at radius 2 is 1.48 bits per heavy atom. The zero-order chi connectivity index (χ0) is 20.0. The van der Waals surface area contributed by atoms with Gasteiger partial charge in [0.2, 0.25) is 0 Å². The van der Waals surface area contributed by atoms with Crippen molar-refractivity contribution in [3.8, 4) is 0 Å². The van der Waals surface area contributed by atoms with Gasteiger partial charge in [-0.15, -0.1) is 0 Å². The summed E-state index contributed by atoms with van der Waals surface area (Å²) >= 11 is 0. The topological polar surface area (TPSA) is 39.7 Å². The highest BCUT2D eigenvalue weighted by molar-refractivity contribution is 5.98. The number of fused-ring (bicyclic) bond motifs is 1. The molecule has 5 nitrogen and oxygen atoms in total. The summed E-state index contributed by atoms with van der Waals surface area (Å²) in [5.41, 5.74) is 3.67. The Hall–Kier alpha value is -1.98. The first-order valence-electron chi connectivity index (χ1n) is 9.74. The molecule has 1 aromatic heterocycles. The molecule has 0 radical (unpaired) electrons. The Morgan fingerprint density at radius 3 is 2.04 bits per heavy atom. The minimum Gasteiger partial charge on any atom is -0.338 e. The van der Waals surface area contributed by atoms with E-state index >= 15 is 0 Å². The van der Waals surface area contributed by atoms with Crippen molar-refractivity contribution in [3.63, 3.8) is 0 Å². The van der Waals surface area contributed by atoms with Crippen LogP contribution in [0, 0.1) is 13.8 Å². The number of nitrogens with zero attached hydrogens (tertiary/aromatic N) is 4. The van der Waals surface area contributed by atoms with E-state index in [4.69, 9.17) is 4.98 Å². The fourth-order valence-corrected chi connectivity index (χ4v) is 3.23. The van der Waals surface area contributed by atoms with Crippen LogP contribution in [0.2, 0.25) is 0 Å². The molecule has 0 bridgehead atoms. The number of carbonyl (C=O) groups is 1. The van der Waals surface area contributed by atoms with Gasteiger partial charge >= 0.3 is 0 Å². The molecule has 5 heteroatoms. The molecular weight excluding hydrogens is 336 g/mol. The van der Waals surface area contributed by atoms with Crippen molar-refractivity contribution in [2.45, 2.75) is 26.7 Å². The molecule has 0 N–H and O–H groups in total. The van der Waals surface area contributed by atoms with Gasteiger partial charge in [-0.1, -0.05) is 12.1 Å². The van der Waals surface area contributed by atoms with Crippen molar-refractivity contribution in [2.75, 3.05) is 54.4 Å². The van der Waals surface area contributed by atoms with Crippen LogP contribution >= 0.6 is 0 Å². The van der Waals surface area contributed by atoms with Gasteiger partial charge in [-0.05, 0) is 85.7 Å². The lowest BCUT2D eigenvalue weighted by atomic mass is 10.1. The third-order valence-electron chi connectivity index (χ3n) is 4.75. The number of amides is 1. The summed E-state index contributed by atoms with van der Waals surface area (Å²) in [5.74, 6) is 0.0972. The van der Waals surface area contributed by atoms with Crippen LogP contribution in [0.5, 0.6) is 0 Å². The van der Waals surface area contributed by atoms with E-state index in [0.717, 1.165) is 61.2 Å². The number of benzene rings is 1. The normalized spacial score (nSPS) is 11.6. The summed E-state index contributed by atoms with van der Waals surface area (Å²) in [6, 6.07) is 8.20. The maximum atomic E-state index is 13.3. The highest BCUT2D eigenvalue weighted by Crippen LogP contribution is 2.19. The molecule has 0 fully saturated rings. The maximum Gasteiger partial charge on any atom is 0.255 e. The smallest absolute Gasteiger partial charge is 0.255 e. The third-order valence-corrected chi connectivity index (χ3v) is 4.75. The van der Waals surface area contributed by atoms with E-state index in [0.29, 0.717) is 0 Å². The molecule has 1 aromatic carbocycles. The quantitative estimate of drug-likeness (QED) is 0.680. The van der Waals surface area contributed by atoms with E-state index < -0.39 is 0 Å². The van der Waals surface area contributed by atoms with E-state index in [2.05, 4.69) is 63.1 Å². The SMILES string of the molecule is Cc1ccc2cc(C(=O)N(CCCN(C)C)CCCN(C)C)c(C)nc2c1. The summed E-state index contributed by atoms with van der Waals surface area (Å²) in [5, 5.41) is 1.02. The lowest BCUT2D eigenvalue weighted by Crippen LogP contribution is -2.36. The Bertz CT molecular complexity index is 756. The average Bonchev–Trinajstić information content (AvgIpc) is 2.58. The van der Waals surface area contributed by atoms with Gasteiger partial charge in [-0.2, -0.15) is 0 Å². The molecule has 0 unspecified atom stereocenters. The maximum absolute atomic E-state index is 13.3. The molecule has 0 aliphatic rings. The molecule has 2 aromatic rings. The van der Waals surface area contributed by atoms with Gasteiger partial charge < -0.3 is 14.7 Å². The zero-order valence-corrected chi connectivity index (χ0v) is 17.7. The Morgan fingerprint density at radius 1 is 0.889 bits per heavy atom. The van der Waals surface area contributed by atoms with Crippen molar-refractivity contribution in [2.24, 2.45) is 0 Å². The predicted molar refractivity (Wildman–Crippen MR) is 113 cm³/mol. The highest BCUT2D eigenvalue weighted by Gasteiger charge is 2.19. The van der Waals surface area contributed by atoms with E-state index in [1.807, 2.05) is 17.9 Å². The number of aryl methyl sites for hydroxylation is 2. The van der Waals surface area contributed by atoms with Gasteiger partial charge in [-0.3, -0.25) is 9.78 Å². The van der Waals surface area contributed by atoms with Crippen LogP contribution in [-0.2, 0) is 0 Å². The lowest BCUT2D eigenvalue weighted by Gasteiger charge is -2.25. The van der Waals surface area contributed by atoms with Crippen LogP contribution in [0.1, 0.15) is 34.5 Å². The van der Waals surface area contributed by atoms with Crippen LogP contribution in [0.4, 0.5) is 0 Å². The first kappa shape index (κ1) is 21.3. The molecule has 0 spiro atoms. The summed E-state index contributed by atoms with van der Waals surface area (Å²) in [4.78, 5) is 24.3. The van der Waals surface area contributed by atoms with Crippen LogP contribution in [0.3, 0.4) is 0 Å². The second-order valence-electron chi connectivity index (χ2n) is 7.92. The Labute approximate surface area is 164 Å². The van der Waals surface area contributed by atoms with Crippen molar-refractivity contribution in [1.29, 1.82) is 0 Å². The van der Waals surface area contributed by atoms with Crippen molar-refractivity contribution < 1.29 is 4.79 Å². The minimum absolute atomic E-state index is 0.0972. The van der Waals surface area contributed by atoms with E-state index in [-0.39, 0.29) is 5.91 Å². The number of aromatic nitrogens is 1. The molecule has 1 amide bonds. The Kier molecular flexibility index (Phi) is 7.75. The first-order chi connectivity index (χ1) is 12.8. The number of hydrogen-bond acceptors (Lipinski definition) is 4. The predicted octanol–water partition coefficient (Wildman–Crippen LogP) is 3.20. The van der Waals surface area contributed by atoms with Crippen LogP contribution in [0.15, 0.2) is 24.3 Å². The number of pyridine rings is 1. The van der Waals surface area contributed by atoms with Crippen molar-refractivity contribution in [1.82, 2.24) is 19.7 Å². The number of hydrogen-bond donors (Lipinski definition) is 0. The van der Waals surface area contributed by atoms with E-state index in [1.54, 1.807) is 0 Å². The average molecular weight is 371 g/mol. The molecule has 0 aliphatic heterocycles. The van der Waals surface area contributed by atoms with Crippen molar-refractivity contribution in [3.05, 3.63) is 41.1 Å². The summed E-state index contributed by atoms with van der Waals surface area (Å²) in [7, 11) is 8.27. The third kappa shape index (κ3) is 6.29. The van der Waals surface area contributed by atoms with Gasteiger partial charge in [0.05, 0.1) is 16.8 Å². The number of carbonyl (C=O) groups excluding carboxylic acids is 1. The minimum atomic E-state index is 0.0972. The van der Waals surface area contributed by atoms with E-state index in [1.165, 1.54) is 5.56 Å². The monoisotopic (exact) mass is 370 g/mol. The van der Waals surface area contributed by atoms with Crippen LogP contribution in [0.25, 0.3) is 10.9 Å². The van der Waals surface area contributed by atoms with E-state index in [9.17, 15) is 4.79 Å². The first-order valence-corrected chi connectivity index (χ1v) is 9.74. The summed E-state index contributed by atoms with van der Waals surface area (Å²) < 4.78 is 0. The van der Waals surface area contributed by atoms with Gasteiger partial charge in [0.15, 0.2) is 0 Å². The number of rotatable bonds is 9. The molecule has 27 heavy (non-hydrogen) atoms. The Balaban J connectivity index is 2.22. The molecular formula is C22H34N4O. The molecule has 0 saturated carbocycles. The molecule has 0 aliphatic carbocycles. The molecule has 1 heterocycles. The van der Waals surface area contributed by atoms with Gasteiger partial charge in [-0.25, -0.2) is 0 Å². The lowest BCUT2D eigenvalue weighted by molar-refractivity contribution is 0.0743. The van der Waals surface area contributed by atoms with Crippen LogP contribution < -0.4 is 0 Å². The fraction of sp³-hybridized carbons (Fsp3) is 0.545. The van der Waals surface area contributed by atoms with Crippen LogP contribution in [-0.4, -0.2) is 80.0 Å². The fourth-order valence-electron chi connectivity index (χ4n) is 3.23. The second-order valence-corrected chi connectivity index (χ2v) is 7.92. The summed E-state index contributed by atoms with van der Waals surface area (Å²) in [6.45, 7) is 7.50. The summed E-state index contributed by atoms with van der Waals surface area (Å²) in [6.07, 6.45) is 1.94. The zero-order valence-electron chi connectivity index (χ0n) is 17.7.